The van der Waals surface area contributed by atoms with Gasteiger partial charge in [-0.15, -0.1) is 0 Å². The fourth-order valence-corrected chi connectivity index (χ4v) is 5.47. The van der Waals surface area contributed by atoms with E-state index in [9.17, 15) is 4.79 Å². The molecule has 2 aliphatic rings. The van der Waals surface area contributed by atoms with Crippen molar-refractivity contribution in [2.45, 2.75) is 57.8 Å². The van der Waals surface area contributed by atoms with Crippen LogP contribution in [0.5, 0.6) is 11.5 Å². The fraction of sp³-hybridized carbons (Fsp3) is 0.387. The summed E-state index contributed by atoms with van der Waals surface area (Å²) in [6, 6.07) is 26.8. The van der Waals surface area contributed by atoms with Crippen LogP contribution in [0, 0.1) is 0 Å². The smallest absolute Gasteiger partial charge is 0.321 e. The molecule has 2 amide bonds. The highest BCUT2D eigenvalue weighted by atomic mass is 16.5. The van der Waals surface area contributed by atoms with Crippen molar-refractivity contribution in [1.82, 2.24) is 14.7 Å². The van der Waals surface area contributed by atoms with Gasteiger partial charge < -0.3 is 20.3 Å². The Morgan fingerprint density at radius 1 is 0.865 bits per heavy atom. The number of anilines is 1. The van der Waals surface area contributed by atoms with E-state index in [1.54, 1.807) is 0 Å². The van der Waals surface area contributed by atoms with Gasteiger partial charge in [0, 0.05) is 43.4 Å². The third-order valence-electron chi connectivity index (χ3n) is 7.53. The normalized spacial score (nSPS) is 19.4. The van der Waals surface area contributed by atoms with Gasteiger partial charge in [0.15, 0.2) is 0 Å². The monoisotopic (exact) mass is 498 g/mol. The molecule has 6 heteroatoms. The quantitative estimate of drug-likeness (QED) is 0.405. The van der Waals surface area contributed by atoms with Crippen molar-refractivity contribution in [2.24, 2.45) is 0 Å². The van der Waals surface area contributed by atoms with E-state index in [2.05, 4.69) is 67.0 Å². The zero-order valence-electron chi connectivity index (χ0n) is 22.1. The number of benzene rings is 3. The second-order valence-electron chi connectivity index (χ2n) is 11.2. The van der Waals surface area contributed by atoms with Gasteiger partial charge in [-0.05, 0) is 81.1 Å². The van der Waals surface area contributed by atoms with E-state index in [4.69, 9.17) is 10.5 Å². The van der Waals surface area contributed by atoms with Crippen LogP contribution in [0.25, 0.3) is 0 Å². The van der Waals surface area contributed by atoms with Crippen LogP contribution in [-0.2, 0) is 6.54 Å². The predicted molar refractivity (Wildman–Crippen MR) is 149 cm³/mol. The number of ether oxygens (including phenoxy) is 1. The zero-order chi connectivity index (χ0) is 26.0. The molecule has 0 aliphatic carbocycles. The van der Waals surface area contributed by atoms with Gasteiger partial charge in [0.2, 0.25) is 0 Å². The summed E-state index contributed by atoms with van der Waals surface area (Å²) in [5, 5.41) is 0. The lowest BCUT2D eigenvalue weighted by atomic mass is 9.98. The number of likely N-dealkylation sites (tertiary alicyclic amines) is 1. The minimum absolute atomic E-state index is 0.109. The Balaban J connectivity index is 1.20. The summed E-state index contributed by atoms with van der Waals surface area (Å²) in [6.45, 7) is 10.0. The van der Waals surface area contributed by atoms with E-state index in [1.165, 1.54) is 11.1 Å². The molecule has 3 aromatic rings. The molecule has 0 unspecified atom stereocenters. The SMILES string of the molecule is CC(C)(C)N1C[C@@H](c2ccccc2)N(C2CCN(Cc3ccc(Oc4ccc(N)cc4)cc3)CC2)C1=O. The van der Waals surface area contributed by atoms with Gasteiger partial charge in [-0.2, -0.15) is 0 Å². The lowest BCUT2D eigenvalue weighted by molar-refractivity contribution is 0.105. The van der Waals surface area contributed by atoms with Crippen LogP contribution in [0.2, 0.25) is 0 Å². The number of carbonyl (C=O) groups excluding carboxylic acids is 1. The van der Waals surface area contributed by atoms with Crippen LogP contribution >= 0.6 is 0 Å². The van der Waals surface area contributed by atoms with E-state index in [0.29, 0.717) is 0 Å². The summed E-state index contributed by atoms with van der Waals surface area (Å²) >= 11 is 0. The number of rotatable bonds is 6. The highest BCUT2D eigenvalue weighted by molar-refractivity contribution is 5.79. The predicted octanol–water partition coefficient (Wildman–Crippen LogP) is 6.30. The number of carbonyl (C=O) groups is 1. The lowest BCUT2D eigenvalue weighted by Crippen LogP contribution is -2.49. The highest BCUT2D eigenvalue weighted by Gasteiger charge is 2.46. The number of nitrogens with zero attached hydrogens (tertiary/aromatic N) is 3. The Morgan fingerprint density at radius 2 is 1.46 bits per heavy atom. The molecule has 0 saturated carbocycles. The Hall–Kier alpha value is -3.51. The summed E-state index contributed by atoms with van der Waals surface area (Å²) < 4.78 is 5.93. The molecule has 5 rings (SSSR count). The fourth-order valence-electron chi connectivity index (χ4n) is 5.47. The van der Waals surface area contributed by atoms with Gasteiger partial charge in [0.05, 0.1) is 6.04 Å². The molecule has 2 N–H and O–H groups in total. The Labute approximate surface area is 220 Å². The van der Waals surface area contributed by atoms with Crippen LogP contribution in [0.3, 0.4) is 0 Å². The molecular weight excluding hydrogens is 460 g/mol. The van der Waals surface area contributed by atoms with Gasteiger partial charge in [0.1, 0.15) is 11.5 Å². The zero-order valence-corrected chi connectivity index (χ0v) is 22.1. The van der Waals surface area contributed by atoms with Crippen LogP contribution < -0.4 is 10.5 Å². The number of piperidine rings is 1. The van der Waals surface area contributed by atoms with Gasteiger partial charge in [0.25, 0.3) is 0 Å². The first kappa shape index (κ1) is 25.2. The molecular formula is C31H38N4O2. The van der Waals surface area contributed by atoms with E-state index in [0.717, 1.165) is 56.2 Å². The summed E-state index contributed by atoms with van der Waals surface area (Å²) in [6.07, 6.45) is 1.98. The van der Waals surface area contributed by atoms with Crippen molar-refractivity contribution in [3.63, 3.8) is 0 Å². The number of urea groups is 1. The number of hydrogen-bond donors (Lipinski definition) is 1. The number of nitrogen functional groups attached to an aromatic ring is 1. The van der Waals surface area contributed by atoms with Crippen LogP contribution in [0.15, 0.2) is 78.9 Å². The van der Waals surface area contributed by atoms with Crippen molar-refractivity contribution in [1.29, 1.82) is 0 Å². The van der Waals surface area contributed by atoms with E-state index in [1.807, 2.05) is 47.4 Å². The first-order chi connectivity index (χ1) is 17.8. The second-order valence-corrected chi connectivity index (χ2v) is 11.2. The van der Waals surface area contributed by atoms with Crippen molar-refractivity contribution in [2.75, 3.05) is 25.4 Å². The maximum Gasteiger partial charge on any atom is 0.321 e. The molecule has 0 aromatic heterocycles. The third-order valence-corrected chi connectivity index (χ3v) is 7.53. The van der Waals surface area contributed by atoms with Crippen LogP contribution in [-0.4, -0.2) is 51.9 Å². The molecule has 2 heterocycles. The molecule has 194 valence electrons. The van der Waals surface area contributed by atoms with Crippen molar-refractivity contribution in [3.05, 3.63) is 90.0 Å². The molecule has 2 saturated heterocycles. The average Bonchev–Trinajstić information content (AvgIpc) is 3.25. The first-order valence-electron chi connectivity index (χ1n) is 13.3. The maximum absolute atomic E-state index is 13.6. The van der Waals surface area contributed by atoms with Gasteiger partial charge in [-0.1, -0.05) is 42.5 Å². The van der Waals surface area contributed by atoms with Crippen LogP contribution in [0.1, 0.15) is 50.8 Å². The van der Waals surface area contributed by atoms with Gasteiger partial charge in [-0.25, -0.2) is 4.79 Å². The molecule has 37 heavy (non-hydrogen) atoms. The van der Waals surface area contributed by atoms with E-state index < -0.39 is 0 Å². The van der Waals surface area contributed by atoms with Crippen molar-refractivity contribution in [3.8, 4) is 11.5 Å². The van der Waals surface area contributed by atoms with Crippen LogP contribution in [0.4, 0.5) is 10.5 Å². The summed E-state index contributed by atoms with van der Waals surface area (Å²) in [5.41, 5.74) is 8.78. The standard InChI is InChI=1S/C31H38N4O2/c1-31(2,3)34-22-29(24-7-5-4-6-8-24)35(30(34)36)26-17-19-33(20-18-26)21-23-9-13-27(14-10-23)37-28-15-11-25(32)12-16-28/h4-16,26,29H,17-22,32H2,1-3H3/t29-/m0/s1. The largest absolute Gasteiger partial charge is 0.457 e. The number of nitrogens with two attached hydrogens (primary N) is 1. The minimum Gasteiger partial charge on any atom is -0.457 e. The summed E-state index contributed by atoms with van der Waals surface area (Å²) in [5.74, 6) is 1.59. The molecule has 3 aromatic carbocycles. The van der Waals surface area contributed by atoms with Crippen molar-refractivity contribution < 1.29 is 9.53 Å². The van der Waals surface area contributed by atoms with Crippen molar-refractivity contribution >= 4 is 11.7 Å². The summed E-state index contributed by atoms with van der Waals surface area (Å²) in [4.78, 5) is 20.3. The molecule has 2 fully saturated rings. The summed E-state index contributed by atoms with van der Waals surface area (Å²) in [7, 11) is 0. The lowest BCUT2D eigenvalue weighted by Gasteiger charge is -2.39. The molecule has 0 bridgehead atoms. The topological polar surface area (TPSA) is 62.0 Å². The first-order valence-corrected chi connectivity index (χ1v) is 13.3. The van der Waals surface area contributed by atoms with Gasteiger partial charge in [-0.3, -0.25) is 4.90 Å². The molecule has 1 atom stereocenters. The van der Waals surface area contributed by atoms with E-state index >= 15 is 0 Å². The minimum atomic E-state index is -0.191. The number of amides is 2. The molecule has 0 spiro atoms. The van der Waals surface area contributed by atoms with E-state index in [-0.39, 0.29) is 23.7 Å². The Bertz CT molecular complexity index is 1180. The number of hydrogen-bond acceptors (Lipinski definition) is 4. The second kappa shape index (κ2) is 10.5. The molecule has 2 aliphatic heterocycles. The highest BCUT2D eigenvalue weighted by Crippen LogP contribution is 2.37. The molecule has 6 nitrogen and oxygen atoms in total. The molecule has 0 radical (unpaired) electrons. The Morgan fingerprint density at radius 3 is 2.05 bits per heavy atom. The average molecular weight is 499 g/mol. The van der Waals surface area contributed by atoms with Gasteiger partial charge >= 0.3 is 6.03 Å². The maximum atomic E-state index is 13.6. The third kappa shape index (κ3) is 5.75. The Kier molecular flexibility index (Phi) is 7.11.